The Morgan fingerprint density at radius 3 is 2.46 bits per heavy atom. The van der Waals surface area contributed by atoms with Crippen LogP contribution in [0.3, 0.4) is 0 Å². The SMILES string of the molecule is CC(C)CC(N/C=C(/C#N)C(=O)N(C)C1CCN(C)CC1)C(=O)O. The van der Waals surface area contributed by atoms with Crippen molar-refractivity contribution in [1.82, 2.24) is 15.1 Å². The van der Waals surface area contributed by atoms with Crippen LogP contribution in [0.5, 0.6) is 0 Å². The highest BCUT2D eigenvalue weighted by atomic mass is 16.4. The Kier molecular flexibility index (Phi) is 7.72. The summed E-state index contributed by atoms with van der Waals surface area (Å²) in [5.74, 6) is -1.17. The Labute approximate surface area is 143 Å². The molecule has 0 aromatic carbocycles. The number of hydrogen-bond acceptors (Lipinski definition) is 5. The van der Waals surface area contributed by atoms with Gasteiger partial charge in [0, 0.05) is 19.3 Å². The summed E-state index contributed by atoms with van der Waals surface area (Å²) >= 11 is 0. The molecule has 0 aliphatic carbocycles. The van der Waals surface area contributed by atoms with Crippen molar-refractivity contribution in [2.24, 2.45) is 5.92 Å². The van der Waals surface area contributed by atoms with Crippen LogP contribution in [0.4, 0.5) is 0 Å². The van der Waals surface area contributed by atoms with Gasteiger partial charge in [0.25, 0.3) is 5.91 Å². The van der Waals surface area contributed by atoms with Crippen molar-refractivity contribution in [3.05, 3.63) is 11.8 Å². The normalized spacial score (nSPS) is 18.1. The third kappa shape index (κ3) is 5.85. The van der Waals surface area contributed by atoms with E-state index in [1.807, 2.05) is 27.0 Å². The van der Waals surface area contributed by atoms with Gasteiger partial charge in [-0.2, -0.15) is 5.26 Å². The number of carbonyl (C=O) groups is 2. The Morgan fingerprint density at radius 1 is 1.42 bits per heavy atom. The molecule has 2 N–H and O–H groups in total. The molecule has 1 heterocycles. The monoisotopic (exact) mass is 336 g/mol. The lowest BCUT2D eigenvalue weighted by molar-refractivity contribution is -0.139. The van der Waals surface area contributed by atoms with Crippen molar-refractivity contribution in [2.75, 3.05) is 27.2 Å². The van der Waals surface area contributed by atoms with Gasteiger partial charge in [-0.1, -0.05) is 13.8 Å². The molecule has 0 bridgehead atoms. The van der Waals surface area contributed by atoms with Gasteiger partial charge in [-0.15, -0.1) is 0 Å². The largest absolute Gasteiger partial charge is 0.480 e. The molecule has 0 radical (unpaired) electrons. The highest BCUT2D eigenvalue weighted by Crippen LogP contribution is 2.16. The molecule has 0 aromatic heterocycles. The second-order valence-electron chi connectivity index (χ2n) is 6.81. The fourth-order valence-electron chi connectivity index (χ4n) is 2.78. The Hall–Kier alpha value is -2.07. The number of nitrogens with zero attached hydrogens (tertiary/aromatic N) is 3. The molecule has 1 saturated heterocycles. The van der Waals surface area contributed by atoms with Gasteiger partial charge < -0.3 is 20.2 Å². The van der Waals surface area contributed by atoms with E-state index >= 15 is 0 Å². The number of aliphatic carboxylic acids is 1. The summed E-state index contributed by atoms with van der Waals surface area (Å²) in [5, 5.41) is 21.2. The molecule has 1 aliphatic rings. The molecule has 1 atom stereocenters. The zero-order valence-electron chi connectivity index (χ0n) is 15.0. The van der Waals surface area contributed by atoms with Crippen LogP contribution in [0.25, 0.3) is 0 Å². The quantitative estimate of drug-likeness (QED) is 0.532. The first-order chi connectivity index (χ1) is 11.3. The summed E-state index contributed by atoms with van der Waals surface area (Å²) in [4.78, 5) is 27.5. The van der Waals surface area contributed by atoms with Crippen LogP contribution >= 0.6 is 0 Å². The zero-order chi connectivity index (χ0) is 18.3. The summed E-state index contributed by atoms with van der Waals surface area (Å²) in [5.41, 5.74) is -0.0635. The lowest BCUT2D eigenvalue weighted by Crippen LogP contribution is -2.45. The molecule has 1 amide bonds. The minimum Gasteiger partial charge on any atom is -0.480 e. The van der Waals surface area contributed by atoms with E-state index in [1.165, 1.54) is 6.20 Å². The summed E-state index contributed by atoms with van der Waals surface area (Å²) in [6.07, 6.45) is 3.41. The molecule has 0 saturated carbocycles. The van der Waals surface area contributed by atoms with Gasteiger partial charge >= 0.3 is 5.97 Å². The van der Waals surface area contributed by atoms with Crippen molar-refractivity contribution in [3.63, 3.8) is 0 Å². The summed E-state index contributed by atoms with van der Waals surface area (Å²) < 4.78 is 0. The fraction of sp³-hybridized carbons (Fsp3) is 0.706. The van der Waals surface area contributed by atoms with Crippen molar-refractivity contribution in [3.8, 4) is 6.07 Å². The van der Waals surface area contributed by atoms with E-state index in [1.54, 1.807) is 11.9 Å². The number of hydrogen-bond donors (Lipinski definition) is 2. The highest BCUT2D eigenvalue weighted by Gasteiger charge is 2.26. The van der Waals surface area contributed by atoms with Gasteiger partial charge in [0.2, 0.25) is 0 Å². The Balaban J connectivity index is 2.74. The Morgan fingerprint density at radius 2 is 2.00 bits per heavy atom. The van der Waals surface area contributed by atoms with Gasteiger partial charge in [0.05, 0.1) is 0 Å². The van der Waals surface area contributed by atoms with Gasteiger partial charge in [-0.25, -0.2) is 4.79 Å². The summed E-state index contributed by atoms with van der Waals surface area (Å²) in [7, 11) is 3.75. The van der Waals surface area contributed by atoms with Crippen molar-refractivity contribution < 1.29 is 14.7 Å². The maximum absolute atomic E-state index is 12.5. The lowest BCUT2D eigenvalue weighted by Gasteiger charge is -2.35. The molecule has 0 aromatic rings. The predicted octanol–water partition coefficient (Wildman–Crippen LogP) is 1.04. The van der Waals surface area contributed by atoms with E-state index in [0.717, 1.165) is 25.9 Å². The molecule has 1 unspecified atom stereocenters. The van der Waals surface area contributed by atoms with Crippen LogP contribution in [0.2, 0.25) is 0 Å². The number of nitrogens with one attached hydrogen (secondary N) is 1. The Bertz CT molecular complexity index is 516. The molecule has 1 rings (SSSR count). The van der Waals surface area contributed by atoms with Gasteiger partial charge in [0.1, 0.15) is 17.7 Å². The third-order valence-corrected chi connectivity index (χ3v) is 4.34. The number of likely N-dealkylation sites (tertiary alicyclic amines) is 1. The molecule has 7 nitrogen and oxygen atoms in total. The van der Waals surface area contributed by atoms with Crippen LogP contribution in [0, 0.1) is 17.2 Å². The summed E-state index contributed by atoms with van der Waals surface area (Å²) in [6.45, 7) is 5.68. The van der Waals surface area contributed by atoms with Crippen molar-refractivity contribution in [2.45, 2.75) is 45.2 Å². The number of piperidine rings is 1. The maximum Gasteiger partial charge on any atom is 0.326 e. The first-order valence-electron chi connectivity index (χ1n) is 8.31. The fourth-order valence-corrected chi connectivity index (χ4v) is 2.78. The van der Waals surface area contributed by atoms with Gasteiger partial charge in [0.15, 0.2) is 0 Å². The zero-order valence-corrected chi connectivity index (χ0v) is 15.0. The number of nitriles is 1. The first kappa shape index (κ1) is 20.0. The topological polar surface area (TPSA) is 96.7 Å². The maximum atomic E-state index is 12.5. The number of carboxylic acid groups (broad SMARTS) is 1. The average molecular weight is 336 g/mol. The number of amides is 1. The molecular formula is C17H28N4O3. The predicted molar refractivity (Wildman–Crippen MR) is 91.0 cm³/mol. The van der Waals surface area contributed by atoms with Crippen LogP contribution in [-0.4, -0.2) is 66.1 Å². The van der Waals surface area contributed by atoms with Crippen LogP contribution < -0.4 is 5.32 Å². The number of carboxylic acids is 1. The van der Waals surface area contributed by atoms with Gasteiger partial charge in [-0.3, -0.25) is 4.79 Å². The summed E-state index contributed by atoms with van der Waals surface area (Å²) in [6, 6.07) is 1.18. The van der Waals surface area contributed by atoms with E-state index in [4.69, 9.17) is 0 Å². The van der Waals surface area contributed by atoms with E-state index in [2.05, 4.69) is 10.2 Å². The van der Waals surface area contributed by atoms with Crippen molar-refractivity contribution >= 4 is 11.9 Å². The van der Waals surface area contributed by atoms with E-state index in [9.17, 15) is 20.0 Å². The van der Waals surface area contributed by atoms with E-state index in [0.29, 0.717) is 6.42 Å². The number of carbonyl (C=O) groups excluding carboxylic acids is 1. The molecule has 24 heavy (non-hydrogen) atoms. The van der Waals surface area contributed by atoms with E-state index in [-0.39, 0.29) is 23.4 Å². The van der Waals surface area contributed by atoms with Crippen LogP contribution in [-0.2, 0) is 9.59 Å². The standard InChI is InChI=1S/C17H28N4O3/c1-12(2)9-15(17(23)24)19-11-13(10-18)16(22)21(4)14-5-7-20(3)8-6-14/h11-12,14-15,19H,5-9H2,1-4H3,(H,23,24)/b13-11-. The van der Waals surface area contributed by atoms with Crippen LogP contribution in [0.15, 0.2) is 11.8 Å². The first-order valence-corrected chi connectivity index (χ1v) is 8.31. The molecule has 1 aliphatic heterocycles. The molecule has 1 fully saturated rings. The molecular weight excluding hydrogens is 308 g/mol. The number of likely N-dealkylation sites (N-methyl/N-ethyl adjacent to an activating group) is 1. The molecule has 134 valence electrons. The van der Waals surface area contributed by atoms with Crippen LogP contribution in [0.1, 0.15) is 33.1 Å². The third-order valence-electron chi connectivity index (χ3n) is 4.34. The second-order valence-corrected chi connectivity index (χ2v) is 6.81. The second kappa shape index (κ2) is 9.28. The minimum atomic E-state index is -0.992. The smallest absolute Gasteiger partial charge is 0.326 e. The van der Waals surface area contributed by atoms with E-state index < -0.39 is 12.0 Å². The lowest BCUT2D eigenvalue weighted by atomic mass is 10.0. The molecule has 0 spiro atoms. The number of rotatable bonds is 7. The van der Waals surface area contributed by atoms with Gasteiger partial charge in [-0.05, 0) is 45.3 Å². The highest BCUT2D eigenvalue weighted by molar-refractivity contribution is 5.97. The van der Waals surface area contributed by atoms with Crippen molar-refractivity contribution in [1.29, 1.82) is 5.26 Å². The minimum absolute atomic E-state index is 0.0635. The average Bonchev–Trinajstić information content (AvgIpc) is 2.53. The molecule has 7 heteroatoms.